The Hall–Kier alpha value is -1.60. The zero-order valence-corrected chi connectivity index (χ0v) is 17.9. The molecule has 154 valence electrons. The maximum atomic E-state index is 12.9. The predicted molar refractivity (Wildman–Crippen MR) is 108 cm³/mol. The average Bonchev–Trinajstić information content (AvgIpc) is 2.89. The van der Waals surface area contributed by atoms with Gasteiger partial charge in [-0.05, 0) is 53.0 Å². The molecule has 0 bridgehead atoms. The fourth-order valence-corrected chi connectivity index (χ4v) is 3.77. The molecule has 0 aromatic carbocycles. The van der Waals surface area contributed by atoms with Crippen LogP contribution in [0.25, 0.3) is 0 Å². The van der Waals surface area contributed by atoms with Crippen LogP contribution in [0.1, 0.15) is 43.6 Å². The molecule has 0 saturated carbocycles. The van der Waals surface area contributed by atoms with Gasteiger partial charge in [0.15, 0.2) is 0 Å². The van der Waals surface area contributed by atoms with Crippen LogP contribution in [-0.2, 0) is 18.3 Å². The van der Waals surface area contributed by atoms with Crippen LogP contribution in [0.3, 0.4) is 0 Å². The molecule has 0 spiro atoms. The minimum atomic E-state index is -0.0172. The molecule has 1 N–H and O–H groups in total. The quantitative estimate of drug-likeness (QED) is 0.753. The summed E-state index contributed by atoms with van der Waals surface area (Å²) in [6, 6.07) is 0.551. The number of carbonyl (C=O) groups excluding carboxylic acids is 1. The minimum absolute atomic E-state index is 0.0172. The second kappa shape index (κ2) is 10.1. The van der Waals surface area contributed by atoms with Crippen molar-refractivity contribution < 1.29 is 9.53 Å². The molecule has 1 fully saturated rings. The van der Waals surface area contributed by atoms with E-state index in [0.29, 0.717) is 31.7 Å². The maximum Gasteiger partial charge on any atom is 0.317 e. The number of nitrogens with one attached hydrogen (secondary N) is 1. The van der Waals surface area contributed by atoms with Crippen molar-refractivity contribution in [3.05, 3.63) is 17.0 Å². The smallest absolute Gasteiger partial charge is 0.317 e. The summed E-state index contributed by atoms with van der Waals surface area (Å²) in [6.45, 7) is 13.1. The highest BCUT2D eigenvalue weighted by molar-refractivity contribution is 5.74. The summed E-state index contributed by atoms with van der Waals surface area (Å²) >= 11 is 0. The largest absolute Gasteiger partial charge is 0.383 e. The summed E-state index contributed by atoms with van der Waals surface area (Å²) in [6.07, 6.45) is 2.39. The lowest BCUT2D eigenvalue weighted by Crippen LogP contribution is -2.47. The van der Waals surface area contributed by atoms with E-state index in [-0.39, 0.29) is 6.03 Å². The number of nitrogens with zero attached hydrogens (tertiary/aromatic N) is 4. The zero-order chi connectivity index (χ0) is 20.0. The van der Waals surface area contributed by atoms with E-state index in [1.165, 1.54) is 19.4 Å². The van der Waals surface area contributed by atoms with E-state index in [2.05, 4.69) is 29.2 Å². The predicted octanol–water partition coefficient (Wildman–Crippen LogP) is 2.32. The van der Waals surface area contributed by atoms with Crippen LogP contribution in [0.15, 0.2) is 0 Å². The number of likely N-dealkylation sites (tertiary alicyclic amines) is 1. The molecule has 1 atom stereocenters. The standard InChI is InChI=1S/C20H37N5O2/c1-15(2)24-9-7-8-18(13-24)12-21-20(26)25(10-11-27-6)14-19-16(3)22-23(5)17(19)4/h15,18H,7-14H2,1-6H3,(H,21,26). The first-order valence-electron chi connectivity index (χ1n) is 10.1. The van der Waals surface area contributed by atoms with Gasteiger partial charge in [0.2, 0.25) is 0 Å². The van der Waals surface area contributed by atoms with Crippen LogP contribution in [0.4, 0.5) is 4.79 Å². The Morgan fingerprint density at radius 1 is 1.41 bits per heavy atom. The summed E-state index contributed by atoms with van der Waals surface area (Å²) in [5, 5.41) is 7.63. The van der Waals surface area contributed by atoms with E-state index >= 15 is 0 Å². The van der Waals surface area contributed by atoms with E-state index in [1.807, 2.05) is 30.5 Å². The van der Waals surface area contributed by atoms with Gasteiger partial charge in [0.05, 0.1) is 18.8 Å². The number of urea groups is 1. The highest BCUT2D eigenvalue weighted by Crippen LogP contribution is 2.18. The third-order valence-electron chi connectivity index (χ3n) is 5.68. The Morgan fingerprint density at radius 3 is 2.74 bits per heavy atom. The number of piperidine rings is 1. The molecule has 1 saturated heterocycles. The first-order valence-corrected chi connectivity index (χ1v) is 10.1. The van der Waals surface area contributed by atoms with E-state index in [0.717, 1.165) is 30.0 Å². The molecule has 2 heterocycles. The van der Waals surface area contributed by atoms with Crippen molar-refractivity contribution in [2.24, 2.45) is 13.0 Å². The third kappa shape index (κ3) is 5.94. The number of ether oxygens (including phenoxy) is 1. The monoisotopic (exact) mass is 379 g/mol. The Balaban J connectivity index is 1.95. The van der Waals surface area contributed by atoms with Crippen LogP contribution in [0, 0.1) is 19.8 Å². The van der Waals surface area contributed by atoms with Crippen molar-refractivity contribution in [1.82, 2.24) is 24.9 Å². The first-order chi connectivity index (χ1) is 12.8. The number of methoxy groups -OCH3 is 1. The number of hydrogen-bond donors (Lipinski definition) is 1. The molecule has 2 amide bonds. The third-order valence-corrected chi connectivity index (χ3v) is 5.68. The lowest BCUT2D eigenvalue weighted by Gasteiger charge is -2.35. The molecule has 0 radical (unpaired) electrons. The van der Waals surface area contributed by atoms with Crippen LogP contribution >= 0.6 is 0 Å². The van der Waals surface area contributed by atoms with Gasteiger partial charge in [-0.2, -0.15) is 5.10 Å². The van der Waals surface area contributed by atoms with Crippen LogP contribution < -0.4 is 5.32 Å². The molecular formula is C20H37N5O2. The van der Waals surface area contributed by atoms with Crippen molar-refractivity contribution in [1.29, 1.82) is 0 Å². The van der Waals surface area contributed by atoms with Gasteiger partial charge >= 0.3 is 6.03 Å². The van der Waals surface area contributed by atoms with Crippen molar-refractivity contribution in [2.45, 2.75) is 53.1 Å². The Labute approximate surface area is 164 Å². The van der Waals surface area contributed by atoms with Crippen molar-refractivity contribution in [2.75, 3.05) is 39.9 Å². The molecule has 2 rings (SSSR count). The van der Waals surface area contributed by atoms with Crippen molar-refractivity contribution in [3.8, 4) is 0 Å². The number of amides is 2. The van der Waals surface area contributed by atoms with Gasteiger partial charge in [0.25, 0.3) is 0 Å². The van der Waals surface area contributed by atoms with Gasteiger partial charge in [-0.25, -0.2) is 4.79 Å². The summed E-state index contributed by atoms with van der Waals surface area (Å²) in [5.41, 5.74) is 3.19. The molecule has 1 aromatic heterocycles. The summed E-state index contributed by atoms with van der Waals surface area (Å²) in [5.74, 6) is 0.524. The van der Waals surface area contributed by atoms with Crippen molar-refractivity contribution >= 4 is 6.03 Å². The summed E-state index contributed by atoms with van der Waals surface area (Å²) in [7, 11) is 3.61. The number of aromatic nitrogens is 2. The number of carbonyl (C=O) groups is 1. The van der Waals surface area contributed by atoms with E-state index in [1.54, 1.807) is 7.11 Å². The highest BCUT2D eigenvalue weighted by Gasteiger charge is 2.23. The van der Waals surface area contributed by atoms with Crippen LogP contribution in [0.5, 0.6) is 0 Å². The van der Waals surface area contributed by atoms with Gasteiger partial charge in [0, 0.05) is 51.1 Å². The summed E-state index contributed by atoms with van der Waals surface area (Å²) in [4.78, 5) is 17.2. The molecule has 7 nitrogen and oxygen atoms in total. The second-order valence-corrected chi connectivity index (χ2v) is 7.97. The molecule has 1 unspecified atom stereocenters. The Morgan fingerprint density at radius 2 is 2.15 bits per heavy atom. The molecule has 1 aliphatic rings. The maximum absolute atomic E-state index is 12.9. The average molecular weight is 380 g/mol. The Bertz CT molecular complexity index is 614. The number of hydrogen-bond acceptors (Lipinski definition) is 4. The van der Waals surface area contributed by atoms with E-state index in [4.69, 9.17) is 4.74 Å². The van der Waals surface area contributed by atoms with Crippen LogP contribution in [0.2, 0.25) is 0 Å². The lowest BCUT2D eigenvalue weighted by atomic mass is 9.97. The van der Waals surface area contributed by atoms with E-state index < -0.39 is 0 Å². The Kier molecular flexibility index (Phi) is 8.10. The molecule has 0 aliphatic carbocycles. The zero-order valence-electron chi connectivity index (χ0n) is 17.9. The number of aryl methyl sites for hydroxylation is 2. The van der Waals surface area contributed by atoms with Gasteiger partial charge in [0.1, 0.15) is 0 Å². The molecule has 1 aromatic rings. The van der Waals surface area contributed by atoms with Crippen molar-refractivity contribution in [3.63, 3.8) is 0 Å². The fourth-order valence-electron chi connectivity index (χ4n) is 3.77. The van der Waals surface area contributed by atoms with Gasteiger partial charge in [-0.1, -0.05) is 0 Å². The van der Waals surface area contributed by atoms with Gasteiger partial charge < -0.3 is 19.9 Å². The molecular weight excluding hydrogens is 342 g/mol. The van der Waals surface area contributed by atoms with E-state index in [9.17, 15) is 4.79 Å². The minimum Gasteiger partial charge on any atom is -0.383 e. The van der Waals surface area contributed by atoms with Gasteiger partial charge in [-0.3, -0.25) is 4.68 Å². The SMILES string of the molecule is COCCN(Cc1c(C)nn(C)c1C)C(=O)NCC1CCCN(C(C)C)C1. The van der Waals surface area contributed by atoms with Gasteiger partial charge in [-0.15, -0.1) is 0 Å². The molecule has 1 aliphatic heterocycles. The first kappa shape index (κ1) is 21.7. The molecule has 7 heteroatoms. The summed E-state index contributed by atoms with van der Waals surface area (Å²) < 4.78 is 7.09. The lowest BCUT2D eigenvalue weighted by molar-refractivity contribution is 0.130. The number of rotatable bonds is 8. The van der Waals surface area contributed by atoms with Crippen LogP contribution in [-0.4, -0.2) is 71.5 Å². The topological polar surface area (TPSA) is 62.6 Å². The second-order valence-electron chi connectivity index (χ2n) is 7.97. The normalized spacial score (nSPS) is 18.1. The fraction of sp³-hybridized carbons (Fsp3) is 0.800. The highest BCUT2D eigenvalue weighted by atomic mass is 16.5. The molecule has 27 heavy (non-hydrogen) atoms.